The normalized spacial score (nSPS) is 11.1. The van der Waals surface area contributed by atoms with Crippen LogP contribution in [0.15, 0.2) is 84.1 Å². The van der Waals surface area contributed by atoms with Gasteiger partial charge in [-0.15, -0.1) is 0 Å². The van der Waals surface area contributed by atoms with Gasteiger partial charge in [-0.2, -0.15) is 5.10 Å². The van der Waals surface area contributed by atoms with E-state index in [9.17, 15) is 4.79 Å². The first kappa shape index (κ1) is 21.2. The number of methoxy groups -OCH3 is 2. The molecule has 0 aliphatic heterocycles. The summed E-state index contributed by atoms with van der Waals surface area (Å²) in [4.78, 5) is 12.4. The first-order chi connectivity index (χ1) is 15.7. The molecule has 4 aromatic rings. The van der Waals surface area contributed by atoms with Crippen LogP contribution in [-0.4, -0.2) is 30.9 Å². The van der Waals surface area contributed by atoms with E-state index >= 15 is 0 Å². The van der Waals surface area contributed by atoms with E-state index < -0.39 is 0 Å². The molecule has 0 saturated carbocycles. The van der Waals surface area contributed by atoms with E-state index in [2.05, 4.69) is 45.6 Å². The van der Waals surface area contributed by atoms with Crippen LogP contribution >= 0.6 is 0 Å². The maximum absolute atomic E-state index is 12.4. The van der Waals surface area contributed by atoms with Crippen LogP contribution in [0.1, 0.15) is 16.7 Å². The third-order valence-corrected chi connectivity index (χ3v) is 5.22. The van der Waals surface area contributed by atoms with Gasteiger partial charge < -0.3 is 14.0 Å². The number of hydrogen-bond acceptors (Lipinski definition) is 4. The zero-order valence-electron chi connectivity index (χ0n) is 18.1. The Morgan fingerprint density at radius 2 is 1.69 bits per heavy atom. The summed E-state index contributed by atoms with van der Waals surface area (Å²) in [5.41, 5.74) is 6.72. The van der Waals surface area contributed by atoms with Crippen LogP contribution in [0.2, 0.25) is 0 Å². The lowest BCUT2D eigenvalue weighted by atomic mass is 10.1. The number of rotatable bonds is 8. The van der Waals surface area contributed by atoms with Gasteiger partial charge in [-0.3, -0.25) is 4.79 Å². The molecule has 0 bridgehead atoms. The third-order valence-electron chi connectivity index (χ3n) is 5.22. The molecule has 32 heavy (non-hydrogen) atoms. The highest BCUT2D eigenvalue weighted by molar-refractivity contribution is 5.99. The van der Waals surface area contributed by atoms with Crippen LogP contribution in [0.5, 0.6) is 11.5 Å². The minimum atomic E-state index is -0.207. The summed E-state index contributed by atoms with van der Waals surface area (Å²) in [6.07, 6.45) is 3.94. The van der Waals surface area contributed by atoms with Gasteiger partial charge in [0.1, 0.15) is 0 Å². The summed E-state index contributed by atoms with van der Waals surface area (Å²) in [6, 6.07) is 23.9. The third kappa shape index (κ3) is 4.81. The second-order valence-electron chi connectivity index (χ2n) is 7.37. The predicted molar refractivity (Wildman–Crippen MR) is 126 cm³/mol. The van der Waals surface area contributed by atoms with Gasteiger partial charge in [0, 0.05) is 29.2 Å². The smallest absolute Gasteiger partial charge is 0.244 e. The van der Waals surface area contributed by atoms with E-state index in [1.807, 2.05) is 36.4 Å². The first-order valence-corrected chi connectivity index (χ1v) is 10.3. The fraction of sp³-hybridized carbons (Fsp3) is 0.154. The Morgan fingerprint density at radius 1 is 0.938 bits per heavy atom. The Morgan fingerprint density at radius 3 is 2.47 bits per heavy atom. The van der Waals surface area contributed by atoms with Crippen LogP contribution in [0.25, 0.3) is 10.9 Å². The van der Waals surface area contributed by atoms with Crippen LogP contribution in [0.3, 0.4) is 0 Å². The van der Waals surface area contributed by atoms with Crippen molar-refractivity contribution in [1.29, 1.82) is 0 Å². The van der Waals surface area contributed by atoms with Gasteiger partial charge in [0.25, 0.3) is 0 Å². The van der Waals surface area contributed by atoms with Crippen molar-refractivity contribution in [3.05, 3.63) is 95.7 Å². The van der Waals surface area contributed by atoms with Gasteiger partial charge in [0.2, 0.25) is 5.91 Å². The molecule has 0 radical (unpaired) electrons. The molecule has 1 aromatic heterocycles. The Hall–Kier alpha value is -4.06. The standard InChI is InChI=1S/C26H25N3O3/c1-31-24-13-12-20(14-25(24)32-2)15-26(30)28-27-16-21-18-29(17-19-8-4-3-5-9-19)23-11-7-6-10-22(21)23/h3-14,16,18H,15,17H2,1-2H3,(H,28,30)/b27-16-. The van der Waals surface area contributed by atoms with E-state index in [0.717, 1.165) is 28.6 Å². The largest absolute Gasteiger partial charge is 0.493 e. The number of carbonyl (C=O) groups is 1. The Kier molecular flexibility index (Phi) is 6.51. The second kappa shape index (κ2) is 9.83. The maximum atomic E-state index is 12.4. The van der Waals surface area contributed by atoms with Crippen molar-refractivity contribution < 1.29 is 14.3 Å². The summed E-state index contributed by atoms with van der Waals surface area (Å²) >= 11 is 0. The van der Waals surface area contributed by atoms with Crippen molar-refractivity contribution in [1.82, 2.24) is 9.99 Å². The fourth-order valence-electron chi connectivity index (χ4n) is 3.68. The Bertz CT molecular complexity index is 1250. The highest BCUT2D eigenvalue weighted by atomic mass is 16.5. The van der Waals surface area contributed by atoms with Gasteiger partial charge in [0.15, 0.2) is 11.5 Å². The number of fused-ring (bicyclic) bond motifs is 1. The first-order valence-electron chi connectivity index (χ1n) is 10.3. The minimum Gasteiger partial charge on any atom is -0.493 e. The van der Waals surface area contributed by atoms with Crippen LogP contribution in [0.4, 0.5) is 0 Å². The SMILES string of the molecule is COc1ccc(CC(=O)N/N=C\c2cn(Cc3ccccc3)c3ccccc23)cc1OC. The fourth-order valence-corrected chi connectivity index (χ4v) is 3.68. The number of hydrogen-bond donors (Lipinski definition) is 1. The number of nitrogens with zero attached hydrogens (tertiary/aromatic N) is 2. The van der Waals surface area contributed by atoms with Gasteiger partial charge in [-0.1, -0.05) is 54.6 Å². The molecule has 1 amide bonds. The molecule has 0 fully saturated rings. The monoisotopic (exact) mass is 427 g/mol. The van der Waals surface area contributed by atoms with Gasteiger partial charge in [0.05, 0.1) is 26.9 Å². The lowest BCUT2D eigenvalue weighted by molar-refractivity contribution is -0.120. The van der Waals surface area contributed by atoms with E-state index in [1.165, 1.54) is 5.56 Å². The summed E-state index contributed by atoms with van der Waals surface area (Å²) in [5, 5.41) is 5.28. The van der Waals surface area contributed by atoms with Gasteiger partial charge in [-0.25, -0.2) is 5.43 Å². The molecule has 0 aliphatic rings. The molecule has 0 spiro atoms. The Balaban J connectivity index is 1.46. The zero-order chi connectivity index (χ0) is 22.3. The summed E-state index contributed by atoms with van der Waals surface area (Å²) < 4.78 is 12.7. The van der Waals surface area contributed by atoms with Crippen molar-refractivity contribution >= 4 is 23.0 Å². The van der Waals surface area contributed by atoms with Crippen LogP contribution in [0, 0.1) is 0 Å². The minimum absolute atomic E-state index is 0.188. The van der Waals surface area contributed by atoms with Gasteiger partial charge in [-0.05, 0) is 29.3 Å². The average molecular weight is 428 g/mol. The molecule has 1 N–H and O–H groups in total. The molecule has 0 saturated heterocycles. The quantitative estimate of drug-likeness (QED) is 0.335. The number of aromatic nitrogens is 1. The van der Waals surface area contributed by atoms with Crippen molar-refractivity contribution in [3.8, 4) is 11.5 Å². The molecule has 4 rings (SSSR count). The van der Waals surface area contributed by atoms with Crippen molar-refractivity contribution in [3.63, 3.8) is 0 Å². The number of amides is 1. The molecular weight excluding hydrogens is 402 g/mol. The van der Waals surface area contributed by atoms with Crippen molar-refractivity contribution in [2.75, 3.05) is 14.2 Å². The predicted octanol–water partition coefficient (Wildman–Crippen LogP) is 4.40. The lowest BCUT2D eigenvalue weighted by Crippen LogP contribution is -2.19. The summed E-state index contributed by atoms with van der Waals surface area (Å²) in [5.74, 6) is 1.01. The van der Waals surface area contributed by atoms with E-state index in [1.54, 1.807) is 32.6 Å². The highest BCUT2D eigenvalue weighted by Crippen LogP contribution is 2.27. The molecule has 6 heteroatoms. The van der Waals surface area contributed by atoms with E-state index in [0.29, 0.717) is 11.5 Å². The number of hydrazone groups is 1. The molecule has 162 valence electrons. The van der Waals surface area contributed by atoms with Crippen molar-refractivity contribution in [2.45, 2.75) is 13.0 Å². The van der Waals surface area contributed by atoms with Crippen molar-refractivity contribution in [2.24, 2.45) is 5.10 Å². The number of nitrogens with one attached hydrogen (secondary N) is 1. The van der Waals surface area contributed by atoms with Gasteiger partial charge >= 0.3 is 0 Å². The molecule has 3 aromatic carbocycles. The average Bonchev–Trinajstić information content (AvgIpc) is 3.17. The summed E-state index contributed by atoms with van der Waals surface area (Å²) in [6.45, 7) is 0.765. The topological polar surface area (TPSA) is 64.8 Å². The zero-order valence-corrected chi connectivity index (χ0v) is 18.1. The summed E-state index contributed by atoms with van der Waals surface area (Å²) in [7, 11) is 3.15. The molecular formula is C26H25N3O3. The number of carbonyl (C=O) groups excluding carboxylic acids is 1. The highest BCUT2D eigenvalue weighted by Gasteiger charge is 2.09. The molecule has 1 heterocycles. The number of benzene rings is 3. The van der Waals surface area contributed by atoms with E-state index in [-0.39, 0.29) is 12.3 Å². The van der Waals surface area contributed by atoms with Crippen LogP contribution in [-0.2, 0) is 17.8 Å². The number of para-hydroxylation sites is 1. The van der Waals surface area contributed by atoms with Crippen LogP contribution < -0.4 is 14.9 Å². The molecule has 6 nitrogen and oxygen atoms in total. The Labute approximate surface area is 187 Å². The lowest BCUT2D eigenvalue weighted by Gasteiger charge is -2.09. The second-order valence-corrected chi connectivity index (χ2v) is 7.37. The number of ether oxygens (including phenoxy) is 2. The molecule has 0 aliphatic carbocycles. The van der Waals surface area contributed by atoms with E-state index in [4.69, 9.17) is 9.47 Å². The maximum Gasteiger partial charge on any atom is 0.244 e. The molecule has 0 unspecified atom stereocenters. The molecule has 0 atom stereocenters.